The van der Waals surface area contributed by atoms with Crippen molar-refractivity contribution in [1.82, 2.24) is 24.7 Å². The van der Waals surface area contributed by atoms with Gasteiger partial charge in [0.05, 0.1) is 18.4 Å². The number of primary amides is 1. The van der Waals surface area contributed by atoms with Gasteiger partial charge in [-0.1, -0.05) is 30.3 Å². The standard InChI is InChI=1S/C20H24N6O3/c1-13-22-11-16-12-25(20(29)26(13)16)15-7-9-24(10-8-15)18(27)17(23-19(21)28)14-5-3-2-4-6-14/h2-6,11,15,17H,7-10,12H2,1H3,(H3,21,23,28)/t17-/m1/s1. The first-order valence-electron chi connectivity index (χ1n) is 9.69. The number of aromatic nitrogens is 2. The lowest BCUT2D eigenvalue weighted by Gasteiger charge is -2.37. The molecule has 1 saturated heterocycles. The Hall–Kier alpha value is -3.36. The number of fused-ring (bicyclic) bond motifs is 1. The molecule has 1 aromatic heterocycles. The predicted octanol–water partition coefficient (Wildman–Crippen LogP) is 1.38. The van der Waals surface area contributed by atoms with E-state index in [0.29, 0.717) is 43.9 Å². The number of carbonyl (C=O) groups is 3. The highest BCUT2D eigenvalue weighted by Crippen LogP contribution is 2.27. The molecule has 1 atom stereocenters. The third-order valence-electron chi connectivity index (χ3n) is 5.66. The van der Waals surface area contributed by atoms with Crippen LogP contribution in [0, 0.1) is 6.92 Å². The van der Waals surface area contributed by atoms with Gasteiger partial charge in [0, 0.05) is 19.1 Å². The Kier molecular flexibility index (Phi) is 4.96. The summed E-state index contributed by atoms with van der Waals surface area (Å²) in [4.78, 5) is 45.0. The minimum atomic E-state index is -0.812. The molecule has 4 rings (SSSR count). The number of likely N-dealkylation sites (tertiary alicyclic amines) is 1. The van der Waals surface area contributed by atoms with Crippen LogP contribution in [0.4, 0.5) is 9.59 Å². The first-order valence-corrected chi connectivity index (χ1v) is 9.69. The van der Waals surface area contributed by atoms with Crippen LogP contribution in [-0.2, 0) is 11.3 Å². The molecule has 0 bridgehead atoms. The van der Waals surface area contributed by atoms with E-state index in [0.717, 1.165) is 5.69 Å². The highest BCUT2D eigenvalue weighted by atomic mass is 16.2. The van der Waals surface area contributed by atoms with Gasteiger partial charge in [-0.2, -0.15) is 0 Å². The largest absolute Gasteiger partial charge is 0.352 e. The van der Waals surface area contributed by atoms with Gasteiger partial charge < -0.3 is 20.9 Å². The van der Waals surface area contributed by atoms with E-state index in [-0.39, 0.29) is 18.0 Å². The summed E-state index contributed by atoms with van der Waals surface area (Å²) in [5.74, 6) is 0.510. The summed E-state index contributed by atoms with van der Waals surface area (Å²) in [6, 6.07) is 7.54. The fourth-order valence-corrected chi connectivity index (χ4v) is 4.18. The zero-order valence-electron chi connectivity index (χ0n) is 16.2. The number of piperidine rings is 1. The number of amides is 4. The average Bonchev–Trinajstić information content (AvgIpc) is 3.26. The van der Waals surface area contributed by atoms with Gasteiger partial charge in [-0.15, -0.1) is 0 Å². The maximum absolute atomic E-state index is 13.1. The van der Waals surface area contributed by atoms with E-state index in [9.17, 15) is 14.4 Å². The Balaban J connectivity index is 1.42. The molecule has 1 aromatic carbocycles. The quantitative estimate of drug-likeness (QED) is 0.812. The summed E-state index contributed by atoms with van der Waals surface area (Å²) in [5, 5.41) is 2.55. The molecule has 2 aliphatic heterocycles. The number of aryl methyl sites for hydroxylation is 1. The van der Waals surface area contributed by atoms with Crippen molar-refractivity contribution in [3.05, 3.63) is 53.6 Å². The van der Waals surface area contributed by atoms with Gasteiger partial charge in [-0.25, -0.2) is 14.6 Å². The minimum absolute atomic E-state index is 0.0441. The van der Waals surface area contributed by atoms with Crippen molar-refractivity contribution in [2.24, 2.45) is 5.73 Å². The molecule has 4 amide bonds. The van der Waals surface area contributed by atoms with E-state index in [1.807, 2.05) is 30.0 Å². The van der Waals surface area contributed by atoms with E-state index >= 15 is 0 Å². The number of benzene rings is 1. The zero-order valence-corrected chi connectivity index (χ0v) is 16.2. The van der Waals surface area contributed by atoms with E-state index < -0.39 is 12.1 Å². The fraction of sp³-hybridized carbons (Fsp3) is 0.400. The van der Waals surface area contributed by atoms with E-state index in [1.54, 1.807) is 27.8 Å². The lowest BCUT2D eigenvalue weighted by Crippen LogP contribution is -2.50. The molecule has 0 aliphatic carbocycles. The number of imidazole rings is 1. The lowest BCUT2D eigenvalue weighted by atomic mass is 10.0. The van der Waals surface area contributed by atoms with Crippen LogP contribution >= 0.6 is 0 Å². The van der Waals surface area contributed by atoms with E-state index in [4.69, 9.17) is 5.73 Å². The molecular formula is C20H24N6O3. The second kappa shape index (κ2) is 7.57. The Labute approximate surface area is 168 Å². The molecular weight excluding hydrogens is 372 g/mol. The topological polar surface area (TPSA) is 114 Å². The fourth-order valence-electron chi connectivity index (χ4n) is 4.18. The molecule has 3 heterocycles. The van der Waals surface area contributed by atoms with Crippen molar-refractivity contribution in [1.29, 1.82) is 0 Å². The van der Waals surface area contributed by atoms with Gasteiger partial charge in [0.2, 0.25) is 5.91 Å². The molecule has 3 N–H and O–H groups in total. The number of urea groups is 1. The van der Waals surface area contributed by atoms with Crippen LogP contribution < -0.4 is 11.1 Å². The molecule has 2 aliphatic rings. The van der Waals surface area contributed by atoms with E-state index in [2.05, 4.69) is 10.3 Å². The molecule has 0 saturated carbocycles. The third kappa shape index (κ3) is 3.55. The zero-order chi connectivity index (χ0) is 20.5. The van der Waals surface area contributed by atoms with Crippen LogP contribution in [0.1, 0.15) is 36.0 Å². The number of nitrogens with one attached hydrogen (secondary N) is 1. The molecule has 0 radical (unpaired) electrons. The Morgan fingerprint density at radius 3 is 2.52 bits per heavy atom. The molecule has 9 nitrogen and oxygen atoms in total. The van der Waals surface area contributed by atoms with Gasteiger partial charge in [-0.05, 0) is 25.3 Å². The maximum Gasteiger partial charge on any atom is 0.330 e. The van der Waals surface area contributed by atoms with Crippen molar-refractivity contribution < 1.29 is 14.4 Å². The summed E-state index contributed by atoms with van der Waals surface area (Å²) in [6.45, 7) is 3.40. The highest BCUT2D eigenvalue weighted by Gasteiger charge is 2.37. The second-order valence-corrected chi connectivity index (χ2v) is 7.45. The van der Waals surface area contributed by atoms with Crippen molar-refractivity contribution in [2.75, 3.05) is 13.1 Å². The number of nitrogens with two attached hydrogens (primary N) is 1. The molecule has 0 unspecified atom stereocenters. The lowest BCUT2D eigenvalue weighted by molar-refractivity contribution is -0.134. The number of rotatable bonds is 4. The molecule has 0 spiro atoms. The van der Waals surface area contributed by atoms with Crippen LogP contribution in [0.3, 0.4) is 0 Å². The monoisotopic (exact) mass is 396 g/mol. The Morgan fingerprint density at radius 1 is 1.21 bits per heavy atom. The Bertz CT molecular complexity index is 933. The molecule has 29 heavy (non-hydrogen) atoms. The summed E-state index contributed by atoms with van der Waals surface area (Å²) < 4.78 is 1.65. The third-order valence-corrected chi connectivity index (χ3v) is 5.66. The summed E-state index contributed by atoms with van der Waals surface area (Å²) >= 11 is 0. The first-order chi connectivity index (χ1) is 14.0. The average molecular weight is 396 g/mol. The van der Waals surface area contributed by atoms with Crippen molar-refractivity contribution in [2.45, 2.75) is 38.4 Å². The van der Waals surface area contributed by atoms with Gasteiger partial charge in [-0.3, -0.25) is 9.36 Å². The molecule has 9 heteroatoms. The second-order valence-electron chi connectivity index (χ2n) is 7.45. The van der Waals surface area contributed by atoms with Crippen molar-refractivity contribution >= 4 is 18.0 Å². The summed E-state index contributed by atoms with van der Waals surface area (Å²) in [7, 11) is 0. The summed E-state index contributed by atoms with van der Waals surface area (Å²) in [5.41, 5.74) is 6.88. The van der Waals surface area contributed by atoms with Crippen LogP contribution in [0.2, 0.25) is 0 Å². The summed E-state index contributed by atoms with van der Waals surface area (Å²) in [6.07, 6.45) is 3.12. The predicted molar refractivity (Wildman–Crippen MR) is 105 cm³/mol. The highest BCUT2D eigenvalue weighted by molar-refractivity contribution is 5.88. The van der Waals surface area contributed by atoms with Crippen LogP contribution in [0.25, 0.3) is 0 Å². The van der Waals surface area contributed by atoms with Gasteiger partial charge in [0.1, 0.15) is 11.9 Å². The smallest absolute Gasteiger partial charge is 0.330 e. The van der Waals surface area contributed by atoms with E-state index in [1.165, 1.54) is 0 Å². The SMILES string of the molecule is Cc1ncc2n1C(=O)N(C1CCN(C(=O)[C@H](NC(N)=O)c3ccccc3)CC1)C2. The normalized spacial score (nSPS) is 17.9. The van der Waals surface area contributed by atoms with Gasteiger partial charge in [0.15, 0.2) is 0 Å². The molecule has 1 fully saturated rings. The first kappa shape index (κ1) is 19.0. The van der Waals surface area contributed by atoms with Crippen molar-refractivity contribution in [3.8, 4) is 0 Å². The van der Waals surface area contributed by atoms with Crippen LogP contribution in [0.15, 0.2) is 36.5 Å². The minimum Gasteiger partial charge on any atom is -0.352 e. The molecule has 2 aromatic rings. The van der Waals surface area contributed by atoms with Crippen LogP contribution in [-0.4, -0.2) is 56.5 Å². The molecule has 152 valence electrons. The van der Waals surface area contributed by atoms with Crippen LogP contribution in [0.5, 0.6) is 0 Å². The number of nitrogens with zero attached hydrogens (tertiary/aromatic N) is 4. The number of hydrogen-bond donors (Lipinski definition) is 2. The Morgan fingerprint density at radius 2 is 1.90 bits per heavy atom. The van der Waals surface area contributed by atoms with Crippen molar-refractivity contribution in [3.63, 3.8) is 0 Å². The number of hydrogen-bond acceptors (Lipinski definition) is 4. The maximum atomic E-state index is 13.1. The van der Waals surface area contributed by atoms with Gasteiger partial charge >= 0.3 is 12.1 Å². The number of carbonyl (C=O) groups excluding carboxylic acids is 3. The van der Waals surface area contributed by atoms with Gasteiger partial charge in [0.25, 0.3) is 0 Å².